The summed E-state index contributed by atoms with van der Waals surface area (Å²) in [4.78, 5) is 0. The number of pyridine rings is 1. The van der Waals surface area contributed by atoms with Gasteiger partial charge in [0.1, 0.15) is 0 Å². The first-order chi connectivity index (χ1) is 6.86. The van der Waals surface area contributed by atoms with E-state index in [-0.39, 0.29) is 0 Å². The van der Waals surface area contributed by atoms with E-state index >= 15 is 0 Å². The highest BCUT2D eigenvalue weighted by Gasteiger charge is 2.05. The van der Waals surface area contributed by atoms with Crippen molar-refractivity contribution in [3.63, 3.8) is 0 Å². The van der Waals surface area contributed by atoms with E-state index in [1.165, 1.54) is 9.26 Å². The molecule has 0 amide bonds. The maximum Gasteiger partial charge on any atom is 0.241 e. The van der Waals surface area contributed by atoms with Crippen LogP contribution in [0.2, 0.25) is 0 Å². The summed E-state index contributed by atoms with van der Waals surface area (Å²) >= 11 is 2.35. The van der Waals surface area contributed by atoms with E-state index in [2.05, 4.69) is 75.8 Å². The normalized spacial score (nSPS) is 10.1. The quantitative estimate of drug-likeness (QED) is 0.456. The van der Waals surface area contributed by atoms with Gasteiger partial charge in [-0.2, -0.15) is 4.57 Å². The summed E-state index contributed by atoms with van der Waals surface area (Å²) < 4.78 is 3.49. The van der Waals surface area contributed by atoms with Gasteiger partial charge in [-0.15, -0.1) is 0 Å². The van der Waals surface area contributed by atoms with Crippen molar-refractivity contribution in [2.75, 3.05) is 0 Å². The van der Waals surface area contributed by atoms with Gasteiger partial charge < -0.3 is 0 Å². The number of aromatic nitrogens is 1. The molecule has 0 atom stereocenters. The van der Waals surface area contributed by atoms with Crippen molar-refractivity contribution in [2.45, 2.75) is 6.54 Å². The largest absolute Gasteiger partial charge is 0.241 e. The SMILES string of the molecule is Ic1cccc[n+]1Cc1ccccc1. The highest BCUT2D eigenvalue weighted by Crippen LogP contribution is 2.00. The van der Waals surface area contributed by atoms with E-state index in [4.69, 9.17) is 0 Å². The molecular weight excluding hydrogens is 285 g/mol. The maximum absolute atomic E-state index is 2.35. The van der Waals surface area contributed by atoms with Crippen molar-refractivity contribution < 1.29 is 4.57 Å². The Morgan fingerprint density at radius 2 is 1.64 bits per heavy atom. The molecule has 2 heteroatoms. The third-order valence-corrected chi connectivity index (χ3v) is 3.06. The van der Waals surface area contributed by atoms with Crippen LogP contribution in [0.25, 0.3) is 0 Å². The second-order valence-electron chi connectivity index (χ2n) is 3.14. The van der Waals surface area contributed by atoms with Gasteiger partial charge in [0.15, 0.2) is 12.7 Å². The summed E-state index contributed by atoms with van der Waals surface area (Å²) in [7, 11) is 0. The van der Waals surface area contributed by atoms with Gasteiger partial charge in [-0.3, -0.25) is 0 Å². The molecule has 14 heavy (non-hydrogen) atoms. The molecule has 0 spiro atoms. The molecule has 0 aliphatic heterocycles. The minimum absolute atomic E-state index is 0.944. The minimum atomic E-state index is 0.944. The van der Waals surface area contributed by atoms with Crippen molar-refractivity contribution in [3.05, 3.63) is 64.0 Å². The topological polar surface area (TPSA) is 3.88 Å². The molecule has 2 aromatic rings. The Balaban J connectivity index is 2.24. The first-order valence-electron chi connectivity index (χ1n) is 4.54. The smallest absolute Gasteiger partial charge is 0.189 e. The molecule has 0 aliphatic carbocycles. The predicted octanol–water partition coefficient (Wildman–Crippen LogP) is 2.63. The fraction of sp³-hybridized carbons (Fsp3) is 0.0833. The number of hydrogen-bond acceptors (Lipinski definition) is 0. The first-order valence-corrected chi connectivity index (χ1v) is 5.62. The second kappa shape index (κ2) is 4.55. The van der Waals surface area contributed by atoms with Gasteiger partial charge in [0, 0.05) is 40.3 Å². The summed E-state index contributed by atoms with van der Waals surface area (Å²) in [6.45, 7) is 0.944. The summed E-state index contributed by atoms with van der Waals surface area (Å²) in [5, 5.41) is 0. The Labute approximate surface area is 97.5 Å². The van der Waals surface area contributed by atoms with Crippen LogP contribution in [-0.2, 0) is 6.54 Å². The number of halogens is 1. The van der Waals surface area contributed by atoms with Crippen LogP contribution in [0.4, 0.5) is 0 Å². The van der Waals surface area contributed by atoms with Gasteiger partial charge in [0.25, 0.3) is 0 Å². The van der Waals surface area contributed by atoms with Crippen LogP contribution in [0.5, 0.6) is 0 Å². The van der Waals surface area contributed by atoms with Crippen LogP contribution < -0.4 is 4.57 Å². The Morgan fingerprint density at radius 3 is 2.36 bits per heavy atom. The third-order valence-electron chi connectivity index (χ3n) is 2.08. The van der Waals surface area contributed by atoms with Crippen molar-refractivity contribution in [1.29, 1.82) is 0 Å². The highest BCUT2D eigenvalue weighted by molar-refractivity contribution is 14.1. The van der Waals surface area contributed by atoms with E-state index in [9.17, 15) is 0 Å². The van der Waals surface area contributed by atoms with Gasteiger partial charge in [-0.05, 0) is 6.07 Å². The average Bonchev–Trinajstić information content (AvgIpc) is 2.23. The van der Waals surface area contributed by atoms with Gasteiger partial charge in [-0.1, -0.05) is 30.3 Å². The fourth-order valence-corrected chi connectivity index (χ4v) is 1.90. The van der Waals surface area contributed by atoms with Gasteiger partial charge >= 0.3 is 0 Å². The lowest BCUT2D eigenvalue weighted by Crippen LogP contribution is -2.37. The molecule has 1 aromatic heterocycles. The van der Waals surface area contributed by atoms with Gasteiger partial charge in [0.05, 0.1) is 0 Å². The van der Waals surface area contributed by atoms with Crippen LogP contribution in [0.1, 0.15) is 5.56 Å². The van der Waals surface area contributed by atoms with E-state index in [1.54, 1.807) is 0 Å². The molecule has 0 radical (unpaired) electrons. The standard InChI is InChI=1S/C12H11IN/c13-12-8-4-5-9-14(12)10-11-6-2-1-3-7-11/h1-9H,10H2/q+1. The summed E-state index contributed by atoms with van der Waals surface area (Å²) in [6, 6.07) is 16.7. The molecule has 0 saturated heterocycles. The Bertz CT molecular complexity index is 412. The second-order valence-corrected chi connectivity index (χ2v) is 4.24. The molecule has 1 nitrogen and oxygen atoms in total. The molecule has 1 aromatic carbocycles. The van der Waals surface area contributed by atoms with Crippen molar-refractivity contribution in [1.82, 2.24) is 0 Å². The lowest BCUT2D eigenvalue weighted by molar-refractivity contribution is -0.700. The fourth-order valence-electron chi connectivity index (χ4n) is 1.36. The van der Waals surface area contributed by atoms with E-state index < -0.39 is 0 Å². The molecule has 0 saturated carbocycles. The molecule has 0 unspecified atom stereocenters. The summed E-state index contributed by atoms with van der Waals surface area (Å²) in [5.74, 6) is 0. The Kier molecular flexibility index (Phi) is 3.14. The number of benzene rings is 1. The zero-order valence-corrected chi connectivity index (χ0v) is 9.89. The molecule has 0 aliphatic rings. The molecule has 0 bridgehead atoms. The van der Waals surface area contributed by atoms with Crippen LogP contribution in [-0.4, -0.2) is 0 Å². The van der Waals surface area contributed by atoms with Gasteiger partial charge in [0.2, 0.25) is 3.70 Å². The minimum Gasteiger partial charge on any atom is -0.189 e. The lowest BCUT2D eigenvalue weighted by atomic mass is 10.2. The highest BCUT2D eigenvalue weighted by atomic mass is 127. The van der Waals surface area contributed by atoms with Crippen molar-refractivity contribution in [3.8, 4) is 0 Å². The predicted molar refractivity (Wildman–Crippen MR) is 64.9 cm³/mol. The zero-order valence-electron chi connectivity index (χ0n) is 7.73. The molecule has 0 fully saturated rings. The van der Waals surface area contributed by atoms with Crippen LogP contribution in [0.15, 0.2) is 54.7 Å². The molecule has 0 N–H and O–H groups in total. The third kappa shape index (κ3) is 2.32. The molecule has 2 rings (SSSR count). The van der Waals surface area contributed by atoms with E-state index in [0.29, 0.717) is 0 Å². The van der Waals surface area contributed by atoms with E-state index in [0.717, 1.165) is 6.54 Å². The number of rotatable bonds is 2. The maximum atomic E-state index is 2.35. The van der Waals surface area contributed by atoms with Crippen LogP contribution in [0.3, 0.4) is 0 Å². The summed E-state index contributed by atoms with van der Waals surface area (Å²) in [5.41, 5.74) is 1.33. The monoisotopic (exact) mass is 296 g/mol. The first kappa shape index (κ1) is 9.65. The van der Waals surface area contributed by atoms with Crippen LogP contribution >= 0.6 is 22.6 Å². The summed E-state index contributed by atoms with van der Waals surface area (Å²) in [6.07, 6.45) is 2.11. The lowest BCUT2D eigenvalue weighted by Gasteiger charge is -1.98. The number of nitrogens with zero attached hydrogens (tertiary/aromatic N) is 1. The Morgan fingerprint density at radius 1 is 0.929 bits per heavy atom. The zero-order chi connectivity index (χ0) is 9.80. The molecule has 70 valence electrons. The Hall–Kier alpha value is -0.900. The number of hydrogen-bond donors (Lipinski definition) is 0. The van der Waals surface area contributed by atoms with Crippen molar-refractivity contribution >= 4 is 22.6 Å². The molecular formula is C12H11IN+. The van der Waals surface area contributed by atoms with Crippen LogP contribution in [0, 0.1) is 3.70 Å². The van der Waals surface area contributed by atoms with E-state index in [1.807, 2.05) is 6.07 Å². The molecule has 1 heterocycles. The van der Waals surface area contributed by atoms with Crippen molar-refractivity contribution in [2.24, 2.45) is 0 Å². The average molecular weight is 296 g/mol. The van der Waals surface area contributed by atoms with Gasteiger partial charge in [-0.25, -0.2) is 0 Å².